The Kier molecular flexibility index (Phi) is 6.08. The molecule has 0 aromatic heterocycles. The molecule has 3 aromatic rings. The van der Waals surface area contributed by atoms with Crippen LogP contribution >= 0.6 is 0 Å². The van der Waals surface area contributed by atoms with Crippen LogP contribution in [0.1, 0.15) is 42.1 Å². The van der Waals surface area contributed by atoms with E-state index in [1.54, 1.807) is 0 Å². The van der Waals surface area contributed by atoms with E-state index in [1.807, 2.05) is 79.7 Å². The number of amides is 2. The van der Waals surface area contributed by atoms with Gasteiger partial charge in [-0.05, 0) is 24.1 Å². The van der Waals surface area contributed by atoms with E-state index in [0.717, 1.165) is 28.1 Å². The summed E-state index contributed by atoms with van der Waals surface area (Å²) in [4.78, 5) is 24.7. The van der Waals surface area contributed by atoms with Crippen LogP contribution in [0.25, 0.3) is 0 Å². The molecular formula is C25H24N4O2. The lowest BCUT2D eigenvalue weighted by molar-refractivity contribution is -0.139. The van der Waals surface area contributed by atoms with Crippen LogP contribution in [0.2, 0.25) is 0 Å². The summed E-state index contributed by atoms with van der Waals surface area (Å²) in [5, 5.41) is 10.5. The predicted octanol–water partition coefficient (Wildman–Crippen LogP) is 3.94. The number of anilines is 1. The zero-order valence-electron chi connectivity index (χ0n) is 17.2. The number of para-hydroxylation sites is 1. The smallest absolute Gasteiger partial charge is 0.329 e. The monoisotopic (exact) mass is 412 g/mol. The molecule has 0 saturated heterocycles. The van der Waals surface area contributed by atoms with Gasteiger partial charge in [0.2, 0.25) is 0 Å². The molecular weight excluding hydrogens is 388 g/mol. The van der Waals surface area contributed by atoms with E-state index in [-0.39, 0.29) is 12.1 Å². The first-order chi connectivity index (χ1) is 15.1. The van der Waals surface area contributed by atoms with Crippen molar-refractivity contribution in [3.8, 4) is 0 Å². The standard InChI is InChI=1S/C25H24N4O2/c1-17(18-10-4-2-5-11-18)26-24(30)25(31)29-28-23-16-22(19-12-6-3-7-13-19)27-21-15-9-8-14-20(21)23/h2-15,17,22,27H,16H2,1H3,(H,26,30)(H,29,31)/b28-23-/t17?,22-/m0/s1. The number of hydrogen-bond acceptors (Lipinski definition) is 4. The number of hydrazone groups is 1. The lowest BCUT2D eigenvalue weighted by Gasteiger charge is -2.28. The van der Waals surface area contributed by atoms with Gasteiger partial charge in [0.1, 0.15) is 0 Å². The molecule has 156 valence electrons. The van der Waals surface area contributed by atoms with Crippen molar-refractivity contribution in [2.45, 2.75) is 25.4 Å². The minimum Gasteiger partial charge on any atom is -0.377 e. The molecule has 0 bridgehead atoms. The third-order valence-electron chi connectivity index (χ3n) is 5.31. The molecule has 0 radical (unpaired) electrons. The summed E-state index contributed by atoms with van der Waals surface area (Å²) in [5.74, 6) is -1.51. The second-order valence-electron chi connectivity index (χ2n) is 7.46. The van der Waals surface area contributed by atoms with Gasteiger partial charge >= 0.3 is 11.8 Å². The molecule has 1 aliphatic heterocycles. The Morgan fingerprint density at radius 1 is 0.903 bits per heavy atom. The van der Waals surface area contributed by atoms with Crippen LogP contribution in [-0.2, 0) is 9.59 Å². The summed E-state index contributed by atoms with van der Waals surface area (Å²) in [6.45, 7) is 1.83. The Labute approximate surface area is 181 Å². The third kappa shape index (κ3) is 4.80. The maximum absolute atomic E-state index is 12.4. The Morgan fingerprint density at radius 3 is 2.29 bits per heavy atom. The summed E-state index contributed by atoms with van der Waals surface area (Å²) in [6.07, 6.45) is 0.587. The maximum atomic E-state index is 12.4. The number of hydrogen-bond donors (Lipinski definition) is 3. The quantitative estimate of drug-likeness (QED) is 0.448. The second-order valence-corrected chi connectivity index (χ2v) is 7.46. The van der Waals surface area contributed by atoms with E-state index >= 15 is 0 Å². The SMILES string of the molecule is CC(NC(=O)C(=O)N/N=C1/C[C@@H](c2ccccc2)Nc2ccccc21)c1ccccc1. The molecule has 6 nitrogen and oxygen atoms in total. The fraction of sp³-hybridized carbons (Fsp3) is 0.160. The number of nitrogens with zero attached hydrogens (tertiary/aromatic N) is 1. The molecule has 0 spiro atoms. The van der Waals surface area contributed by atoms with Gasteiger partial charge in [-0.1, -0.05) is 78.9 Å². The van der Waals surface area contributed by atoms with E-state index in [9.17, 15) is 9.59 Å². The molecule has 3 aromatic carbocycles. The molecule has 0 saturated carbocycles. The van der Waals surface area contributed by atoms with Crippen molar-refractivity contribution < 1.29 is 9.59 Å². The van der Waals surface area contributed by atoms with Crippen molar-refractivity contribution in [2.75, 3.05) is 5.32 Å². The van der Waals surface area contributed by atoms with Gasteiger partial charge in [-0.3, -0.25) is 9.59 Å². The molecule has 4 rings (SSSR count). The average Bonchev–Trinajstić information content (AvgIpc) is 2.83. The highest BCUT2D eigenvalue weighted by molar-refractivity contribution is 6.35. The van der Waals surface area contributed by atoms with Gasteiger partial charge in [-0.2, -0.15) is 5.10 Å². The number of carbonyl (C=O) groups excluding carboxylic acids is 2. The highest BCUT2D eigenvalue weighted by Crippen LogP contribution is 2.32. The molecule has 1 heterocycles. The second kappa shape index (κ2) is 9.26. The average molecular weight is 412 g/mol. The van der Waals surface area contributed by atoms with Gasteiger partial charge in [0.25, 0.3) is 0 Å². The van der Waals surface area contributed by atoms with Gasteiger partial charge in [-0.25, -0.2) is 5.43 Å². The number of fused-ring (bicyclic) bond motifs is 1. The Balaban J connectivity index is 1.48. The van der Waals surface area contributed by atoms with Crippen LogP contribution in [0.4, 0.5) is 5.69 Å². The third-order valence-corrected chi connectivity index (χ3v) is 5.31. The normalized spacial score (nSPS) is 17.2. The lowest BCUT2D eigenvalue weighted by Crippen LogP contribution is -2.39. The van der Waals surface area contributed by atoms with Gasteiger partial charge < -0.3 is 10.6 Å². The highest BCUT2D eigenvalue weighted by Gasteiger charge is 2.25. The zero-order chi connectivity index (χ0) is 21.6. The van der Waals surface area contributed by atoms with Crippen LogP contribution in [0.15, 0.2) is 90.0 Å². The number of rotatable bonds is 4. The number of carbonyl (C=O) groups is 2. The first kappa shape index (κ1) is 20.3. The number of nitrogens with one attached hydrogen (secondary N) is 3. The number of benzene rings is 3. The minimum absolute atomic E-state index is 0.0266. The molecule has 0 aliphatic carbocycles. The predicted molar refractivity (Wildman–Crippen MR) is 122 cm³/mol. The molecule has 3 N–H and O–H groups in total. The summed E-state index contributed by atoms with van der Waals surface area (Å²) in [5.41, 5.74) is 7.06. The lowest BCUT2D eigenvalue weighted by atomic mass is 9.92. The largest absolute Gasteiger partial charge is 0.377 e. The fourth-order valence-electron chi connectivity index (χ4n) is 3.65. The van der Waals surface area contributed by atoms with Crippen molar-refractivity contribution in [1.29, 1.82) is 0 Å². The first-order valence-electron chi connectivity index (χ1n) is 10.2. The summed E-state index contributed by atoms with van der Waals surface area (Å²) in [7, 11) is 0. The summed E-state index contributed by atoms with van der Waals surface area (Å²) in [6, 6.07) is 27.1. The van der Waals surface area contributed by atoms with Gasteiger partial charge in [0.05, 0.1) is 17.8 Å². The topological polar surface area (TPSA) is 82.6 Å². The molecule has 6 heteroatoms. The first-order valence-corrected chi connectivity index (χ1v) is 10.2. The van der Waals surface area contributed by atoms with E-state index in [4.69, 9.17) is 0 Å². The maximum Gasteiger partial charge on any atom is 0.329 e. The Hall–Kier alpha value is -3.93. The van der Waals surface area contributed by atoms with E-state index in [1.165, 1.54) is 0 Å². The molecule has 2 amide bonds. The summed E-state index contributed by atoms with van der Waals surface area (Å²) < 4.78 is 0. The van der Waals surface area contributed by atoms with Crippen LogP contribution in [0, 0.1) is 0 Å². The summed E-state index contributed by atoms with van der Waals surface area (Å²) >= 11 is 0. The Bertz CT molecular complexity index is 1100. The molecule has 1 aliphatic rings. The van der Waals surface area contributed by atoms with Crippen LogP contribution in [0.3, 0.4) is 0 Å². The molecule has 1 unspecified atom stereocenters. The van der Waals surface area contributed by atoms with Crippen molar-refractivity contribution in [2.24, 2.45) is 5.10 Å². The Morgan fingerprint density at radius 2 is 1.55 bits per heavy atom. The van der Waals surface area contributed by atoms with Gasteiger partial charge in [0.15, 0.2) is 0 Å². The van der Waals surface area contributed by atoms with Crippen molar-refractivity contribution in [1.82, 2.24) is 10.7 Å². The highest BCUT2D eigenvalue weighted by atomic mass is 16.2. The van der Waals surface area contributed by atoms with E-state index in [2.05, 4.69) is 33.3 Å². The minimum atomic E-state index is -0.789. The van der Waals surface area contributed by atoms with Crippen LogP contribution < -0.4 is 16.1 Å². The fourth-order valence-corrected chi connectivity index (χ4v) is 3.65. The van der Waals surface area contributed by atoms with Crippen molar-refractivity contribution in [3.05, 3.63) is 102 Å². The van der Waals surface area contributed by atoms with Crippen molar-refractivity contribution >= 4 is 23.2 Å². The molecule has 0 fully saturated rings. The molecule has 2 atom stereocenters. The van der Waals surface area contributed by atoms with Crippen molar-refractivity contribution in [3.63, 3.8) is 0 Å². The van der Waals surface area contributed by atoms with Crippen LogP contribution in [-0.4, -0.2) is 17.5 Å². The van der Waals surface area contributed by atoms with E-state index in [0.29, 0.717) is 6.42 Å². The van der Waals surface area contributed by atoms with Gasteiger partial charge in [0, 0.05) is 17.7 Å². The van der Waals surface area contributed by atoms with Gasteiger partial charge in [-0.15, -0.1) is 0 Å². The zero-order valence-corrected chi connectivity index (χ0v) is 17.2. The van der Waals surface area contributed by atoms with Crippen LogP contribution in [0.5, 0.6) is 0 Å². The molecule has 31 heavy (non-hydrogen) atoms. The van der Waals surface area contributed by atoms with E-state index < -0.39 is 11.8 Å².